The summed E-state index contributed by atoms with van der Waals surface area (Å²) in [6.07, 6.45) is 0. The Kier molecular flexibility index (Phi) is 4.34. The van der Waals surface area contributed by atoms with E-state index in [1.54, 1.807) is 0 Å². The van der Waals surface area contributed by atoms with Gasteiger partial charge in [0.25, 0.3) is 0 Å². The van der Waals surface area contributed by atoms with Crippen LogP contribution in [0.4, 0.5) is 11.4 Å². The minimum absolute atomic E-state index is 0.386. The molecule has 0 aromatic heterocycles. The number of rotatable bonds is 5. The van der Waals surface area contributed by atoms with E-state index in [1.807, 2.05) is 0 Å². The van der Waals surface area contributed by atoms with Gasteiger partial charge in [0.05, 0.1) is 11.4 Å². The van der Waals surface area contributed by atoms with Gasteiger partial charge < -0.3 is 14.7 Å². The van der Waals surface area contributed by atoms with E-state index >= 15 is 0 Å². The highest BCUT2D eigenvalue weighted by Gasteiger charge is 2.30. The fourth-order valence-electron chi connectivity index (χ4n) is 2.97. The van der Waals surface area contributed by atoms with Crippen molar-refractivity contribution < 1.29 is 0 Å². The van der Waals surface area contributed by atoms with Gasteiger partial charge in [-0.1, -0.05) is 42.5 Å². The molecule has 0 saturated carbocycles. The molecule has 0 amide bonds. The molecule has 0 N–H and O–H groups in total. The van der Waals surface area contributed by atoms with Crippen molar-refractivity contribution in [2.24, 2.45) is 0 Å². The van der Waals surface area contributed by atoms with Crippen LogP contribution in [0.5, 0.6) is 0 Å². The van der Waals surface area contributed by atoms with Crippen molar-refractivity contribution in [3.63, 3.8) is 0 Å². The number of benzene rings is 2. The zero-order valence-corrected chi connectivity index (χ0v) is 13.5. The molecule has 2 aromatic rings. The van der Waals surface area contributed by atoms with Crippen LogP contribution in [0, 0.1) is 6.67 Å². The lowest BCUT2D eigenvalue weighted by atomic mass is 10.2. The maximum absolute atomic E-state index is 3.55. The maximum atomic E-state index is 3.55. The van der Waals surface area contributed by atoms with Crippen molar-refractivity contribution in [3.05, 3.63) is 66.8 Å². The van der Waals surface area contributed by atoms with E-state index in [9.17, 15) is 0 Å². The summed E-state index contributed by atoms with van der Waals surface area (Å²) in [4.78, 5) is 6.70. The monoisotopic (exact) mass is 293 g/mol. The molecule has 3 nitrogen and oxygen atoms in total. The van der Waals surface area contributed by atoms with Crippen LogP contribution in [-0.4, -0.2) is 31.6 Å². The van der Waals surface area contributed by atoms with Gasteiger partial charge in [-0.2, -0.15) is 0 Å². The van der Waals surface area contributed by atoms with E-state index < -0.39 is 0 Å². The third kappa shape index (κ3) is 3.09. The fraction of sp³-hybridized carbons (Fsp3) is 0.316. The van der Waals surface area contributed by atoms with Crippen LogP contribution < -0.4 is 9.80 Å². The van der Waals surface area contributed by atoms with Crippen molar-refractivity contribution in [1.82, 2.24) is 4.90 Å². The number of hydrogen-bond acceptors (Lipinski definition) is 3. The van der Waals surface area contributed by atoms with Gasteiger partial charge in [0.15, 0.2) is 0 Å². The number of likely N-dealkylation sites (N-methyl/N-ethyl adjacent to an activating group) is 1. The van der Waals surface area contributed by atoms with Gasteiger partial charge >= 0.3 is 0 Å². The third-order valence-electron chi connectivity index (χ3n) is 3.91. The molecule has 114 valence electrons. The number of fused-ring (bicyclic) bond motifs is 1. The first-order valence-corrected chi connectivity index (χ1v) is 7.76. The lowest BCUT2D eigenvalue weighted by molar-refractivity contribution is 0.377. The Hall–Kier alpha value is -2.00. The summed E-state index contributed by atoms with van der Waals surface area (Å²) in [6, 6.07) is 19.5. The van der Waals surface area contributed by atoms with Gasteiger partial charge in [0, 0.05) is 19.1 Å². The summed E-state index contributed by atoms with van der Waals surface area (Å²) in [7, 11) is 4.22. The number of anilines is 2. The minimum atomic E-state index is 0.386. The molecule has 0 fully saturated rings. The van der Waals surface area contributed by atoms with Crippen molar-refractivity contribution in [2.75, 3.05) is 30.4 Å². The van der Waals surface area contributed by atoms with Crippen LogP contribution in [-0.2, 0) is 6.54 Å². The average Bonchev–Trinajstić information content (AvgIpc) is 2.87. The molecular formula is C19H23N3. The predicted molar refractivity (Wildman–Crippen MR) is 92.8 cm³/mol. The third-order valence-corrected chi connectivity index (χ3v) is 3.91. The van der Waals surface area contributed by atoms with Crippen molar-refractivity contribution in [1.29, 1.82) is 0 Å². The molecule has 3 heteroatoms. The van der Waals surface area contributed by atoms with E-state index in [4.69, 9.17) is 0 Å². The Labute approximate surface area is 133 Å². The summed E-state index contributed by atoms with van der Waals surface area (Å²) in [6.45, 7) is 7.65. The van der Waals surface area contributed by atoms with E-state index in [0.29, 0.717) is 6.04 Å². The number of para-hydroxylation sites is 2. The summed E-state index contributed by atoms with van der Waals surface area (Å²) in [5, 5.41) is 0. The van der Waals surface area contributed by atoms with Crippen molar-refractivity contribution in [2.45, 2.75) is 19.5 Å². The second-order valence-corrected chi connectivity index (χ2v) is 6.14. The first-order chi connectivity index (χ1) is 10.6. The molecule has 2 aromatic carbocycles. The summed E-state index contributed by atoms with van der Waals surface area (Å²) in [5.41, 5.74) is 3.77. The Morgan fingerprint density at radius 3 is 2.27 bits per heavy atom. The maximum Gasteiger partial charge on any atom is 0.209 e. The normalized spacial score (nSPS) is 15.3. The lowest BCUT2D eigenvalue weighted by Gasteiger charge is -2.28. The molecule has 0 spiro atoms. The predicted octanol–water partition coefficient (Wildman–Crippen LogP) is 3.46. The van der Waals surface area contributed by atoms with Gasteiger partial charge in [-0.25, -0.2) is 0 Å². The van der Waals surface area contributed by atoms with Crippen LogP contribution >= 0.6 is 0 Å². The van der Waals surface area contributed by atoms with Gasteiger partial charge in [-0.15, -0.1) is 0 Å². The largest absolute Gasteiger partial charge is 0.335 e. The van der Waals surface area contributed by atoms with Crippen LogP contribution in [0.1, 0.15) is 12.5 Å². The molecule has 22 heavy (non-hydrogen) atoms. The van der Waals surface area contributed by atoms with Crippen LogP contribution in [0.15, 0.2) is 54.6 Å². The number of nitrogens with zero attached hydrogens (tertiary/aromatic N) is 3. The molecule has 2 radical (unpaired) electrons. The lowest BCUT2D eigenvalue weighted by Crippen LogP contribution is -2.39. The average molecular weight is 293 g/mol. The summed E-state index contributed by atoms with van der Waals surface area (Å²) in [5.74, 6) is 0. The van der Waals surface area contributed by atoms with Gasteiger partial charge in [-0.3, -0.25) is 0 Å². The highest BCUT2D eigenvalue weighted by molar-refractivity contribution is 5.78. The molecule has 3 rings (SSSR count). The molecule has 1 unspecified atom stereocenters. The Bertz CT molecular complexity index is 609. The Morgan fingerprint density at radius 2 is 1.59 bits per heavy atom. The standard InChI is InChI=1S/C19H23N3/c1-16(13-20(2)3)22-15-21(14-17-9-5-4-6-10-17)18-11-7-8-12-19(18)22/h4-12,16H,13-14H2,1-3H3. The zero-order valence-electron chi connectivity index (χ0n) is 13.5. The second kappa shape index (κ2) is 6.41. The Morgan fingerprint density at radius 1 is 0.955 bits per heavy atom. The molecule has 1 heterocycles. The molecule has 0 aliphatic carbocycles. The molecule has 1 aliphatic heterocycles. The highest BCUT2D eigenvalue weighted by atomic mass is 15.4. The number of hydrogen-bond donors (Lipinski definition) is 0. The zero-order chi connectivity index (χ0) is 15.5. The molecular weight excluding hydrogens is 270 g/mol. The van der Waals surface area contributed by atoms with Crippen LogP contribution in [0.25, 0.3) is 0 Å². The highest BCUT2D eigenvalue weighted by Crippen LogP contribution is 2.39. The van der Waals surface area contributed by atoms with E-state index in [2.05, 4.69) is 97.0 Å². The SMILES string of the molecule is CC(CN(C)C)N1[C]N(Cc2ccccc2)c2ccccc21. The van der Waals surface area contributed by atoms with Crippen LogP contribution in [0.2, 0.25) is 0 Å². The van der Waals surface area contributed by atoms with E-state index in [0.717, 1.165) is 13.1 Å². The smallest absolute Gasteiger partial charge is 0.209 e. The molecule has 1 aliphatic rings. The topological polar surface area (TPSA) is 9.72 Å². The van der Waals surface area contributed by atoms with Gasteiger partial charge in [0.2, 0.25) is 6.67 Å². The summed E-state index contributed by atoms with van der Waals surface area (Å²) >= 11 is 0. The van der Waals surface area contributed by atoms with Crippen molar-refractivity contribution in [3.8, 4) is 0 Å². The summed E-state index contributed by atoms with van der Waals surface area (Å²) < 4.78 is 0. The van der Waals surface area contributed by atoms with E-state index in [1.165, 1.54) is 16.9 Å². The molecule has 0 bridgehead atoms. The second-order valence-electron chi connectivity index (χ2n) is 6.14. The molecule has 0 saturated heterocycles. The van der Waals surface area contributed by atoms with Gasteiger partial charge in [0.1, 0.15) is 0 Å². The first kappa shape index (κ1) is 14.9. The first-order valence-electron chi connectivity index (χ1n) is 7.76. The van der Waals surface area contributed by atoms with Crippen molar-refractivity contribution >= 4 is 11.4 Å². The van der Waals surface area contributed by atoms with Crippen LogP contribution in [0.3, 0.4) is 0 Å². The molecule has 1 atom stereocenters. The fourth-order valence-corrected chi connectivity index (χ4v) is 2.97. The van der Waals surface area contributed by atoms with E-state index in [-0.39, 0.29) is 0 Å². The van der Waals surface area contributed by atoms with Gasteiger partial charge in [-0.05, 0) is 38.7 Å². The minimum Gasteiger partial charge on any atom is -0.335 e. The Balaban J connectivity index is 1.82. The quantitative estimate of drug-likeness (QED) is 0.836.